The minimum atomic E-state index is -0.0121. The average molecular weight is 409 g/mol. The Morgan fingerprint density at radius 3 is 1.90 bits per heavy atom. The maximum absolute atomic E-state index is 12.6. The van der Waals surface area contributed by atoms with E-state index in [1.807, 2.05) is 13.8 Å². The zero-order valence-electron chi connectivity index (χ0n) is 15.6. The highest BCUT2D eigenvalue weighted by atomic mass is 127. The molecule has 0 saturated carbocycles. The summed E-state index contributed by atoms with van der Waals surface area (Å²) < 4.78 is 0.142. The molecule has 0 aliphatic heterocycles. The molecule has 0 radical (unpaired) electrons. The molecule has 0 bridgehead atoms. The van der Waals surface area contributed by atoms with E-state index >= 15 is 0 Å². The molecule has 0 aliphatic carbocycles. The molecule has 21 heavy (non-hydrogen) atoms. The number of nitrogens with one attached hydrogen (secondary N) is 1. The number of amides is 1. The first-order valence-electron chi connectivity index (χ1n) is 8.19. The van der Waals surface area contributed by atoms with Crippen molar-refractivity contribution in [3.05, 3.63) is 0 Å². The van der Waals surface area contributed by atoms with Crippen LogP contribution in [0.15, 0.2) is 0 Å². The zero-order valence-corrected chi connectivity index (χ0v) is 17.7. The molecule has 3 heteroatoms. The van der Waals surface area contributed by atoms with Crippen molar-refractivity contribution in [2.45, 2.75) is 91.0 Å². The number of carbonyl (C=O) groups is 1. The van der Waals surface area contributed by atoms with Crippen LogP contribution in [-0.4, -0.2) is 15.4 Å². The summed E-state index contributed by atoms with van der Waals surface area (Å²) >= 11 is 2.57. The Bertz CT molecular complexity index is 340. The molecule has 0 aromatic rings. The third kappa shape index (κ3) is 8.41. The van der Waals surface area contributed by atoms with Crippen molar-refractivity contribution in [3.8, 4) is 0 Å². The van der Waals surface area contributed by atoms with Crippen molar-refractivity contribution in [1.82, 2.24) is 5.32 Å². The van der Waals surface area contributed by atoms with Crippen molar-refractivity contribution in [3.63, 3.8) is 0 Å². The molecule has 2 atom stereocenters. The van der Waals surface area contributed by atoms with Crippen LogP contribution in [0.5, 0.6) is 0 Å². The van der Waals surface area contributed by atoms with Crippen LogP contribution < -0.4 is 5.32 Å². The van der Waals surface area contributed by atoms with Crippen LogP contribution in [-0.2, 0) is 4.79 Å². The lowest BCUT2D eigenvalue weighted by molar-refractivity contribution is -0.129. The summed E-state index contributed by atoms with van der Waals surface area (Å²) in [6.45, 7) is 19.8. The fourth-order valence-corrected chi connectivity index (χ4v) is 4.27. The summed E-state index contributed by atoms with van der Waals surface area (Å²) in [7, 11) is 0. The summed E-state index contributed by atoms with van der Waals surface area (Å²) in [5.74, 6) is 0.254. The van der Waals surface area contributed by atoms with Gasteiger partial charge < -0.3 is 5.32 Å². The van der Waals surface area contributed by atoms with E-state index in [9.17, 15) is 4.79 Å². The highest BCUT2D eigenvalue weighted by Crippen LogP contribution is 2.43. The Morgan fingerprint density at radius 1 is 1.10 bits per heavy atom. The third-order valence-corrected chi connectivity index (χ3v) is 5.05. The van der Waals surface area contributed by atoms with E-state index in [0.29, 0.717) is 5.41 Å². The summed E-state index contributed by atoms with van der Waals surface area (Å²) in [6, 6.07) is 0.204. The van der Waals surface area contributed by atoms with Crippen LogP contribution in [0, 0.1) is 16.7 Å². The second-order valence-electron chi connectivity index (χ2n) is 8.89. The van der Waals surface area contributed by atoms with E-state index in [0.717, 1.165) is 12.8 Å². The average Bonchev–Trinajstić information content (AvgIpc) is 2.22. The molecule has 2 nitrogen and oxygen atoms in total. The first-order chi connectivity index (χ1) is 9.20. The predicted molar refractivity (Wildman–Crippen MR) is 102 cm³/mol. The minimum Gasteiger partial charge on any atom is -0.354 e. The van der Waals surface area contributed by atoms with E-state index in [4.69, 9.17) is 0 Å². The van der Waals surface area contributed by atoms with Crippen molar-refractivity contribution in [2.75, 3.05) is 0 Å². The van der Waals surface area contributed by atoms with Gasteiger partial charge in [-0.05, 0) is 37.5 Å². The standard InChI is InChI=1S/C18H36INO/c1-10-17(7,8)12-18(9,19)11-14(16(4,5)6)15(21)20-13(2)3/h13-14H,10-12H2,1-9H3,(H,20,21). The lowest BCUT2D eigenvalue weighted by atomic mass is 9.72. The molecule has 0 aliphatic rings. The Kier molecular flexibility index (Phi) is 7.72. The van der Waals surface area contributed by atoms with Crippen LogP contribution in [0.4, 0.5) is 0 Å². The molecular formula is C18H36INO. The number of alkyl halides is 1. The topological polar surface area (TPSA) is 29.1 Å². The van der Waals surface area contributed by atoms with Gasteiger partial charge in [-0.25, -0.2) is 0 Å². The molecular weight excluding hydrogens is 373 g/mol. The Morgan fingerprint density at radius 2 is 1.57 bits per heavy atom. The lowest BCUT2D eigenvalue weighted by Gasteiger charge is -2.39. The molecule has 0 spiro atoms. The van der Waals surface area contributed by atoms with Crippen molar-refractivity contribution in [1.29, 1.82) is 0 Å². The van der Waals surface area contributed by atoms with Crippen LogP contribution in [0.2, 0.25) is 0 Å². The second kappa shape index (κ2) is 7.65. The SMILES string of the molecule is CCC(C)(C)CC(C)(I)CC(C(=O)NC(C)C)C(C)(C)C. The Hall–Kier alpha value is 0.200. The van der Waals surface area contributed by atoms with Crippen LogP contribution in [0.25, 0.3) is 0 Å². The van der Waals surface area contributed by atoms with E-state index in [2.05, 4.69) is 76.4 Å². The maximum atomic E-state index is 12.6. The van der Waals surface area contributed by atoms with E-state index in [-0.39, 0.29) is 26.7 Å². The van der Waals surface area contributed by atoms with Gasteiger partial charge in [0.05, 0.1) is 0 Å². The molecule has 0 rings (SSSR count). The summed E-state index contributed by atoms with van der Waals surface area (Å²) in [6.07, 6.45) is 3.24. The monoisotopic (exact) mass is 409 g/mol. The summed E-state index contributed by atoms with van der Waals surface area (Å²) in [5, 5.41) is 3.11. The van der Waals surface area contributed by atoms with Crippen molar-refractivity contribution >= 4 is 28.5 Å². The van der Waals surface area contributed by atoms with Gasteiger partial charge in [0.2, 0.25) is 5.91 Å². The van der Waals surface area contributed by atoms with E-state index in [1.54, 1.807) is 0 Å². The first kappa shape index (κ1) is 21.2. The van der Waals surface area contributed by atoms with Crippen LogP contribution in [0.3, 0.4) is 0 Å². The zero-order chi connectivity index (χ0) is 17.1. The summed E-state index contributed by atoms with van der Waals surface area (Å²) in [5.41, 5.74) is 0.314. The number of carbonyl (C=O) groups excluding carboxylic acids is 1. The van der Waals surface area contributed by atoms with Gasteiger partial charge in [0, 0.05) is 15.4 Å². The lowest BCUT2D eigenvalue weighted by Crippen LogP contribution is -2.44. The molecule has 0 aromatic heterocycles. The number of hydrogen-bond donors (Lipinski definition) is 1. The van der Waals surface area contributed by atoms with E-state index < -0.39 is 0 Å². The summed E-state index contributed by atoms with van der Waals surface area (Å²) in [4.78, 5) is 12.6. The number of hydrogen-bond acceptors (Lipinski definition) is 1. The van der Waals surface area contributed by atoms with Crippen LogP contribution >= 0.6 is 22.6 Å². The highest BCUT2D eigenvalue weighted by molar-refractivity contribution is 14.1. The molecule has 1 amide bonds. The Balaban J connectivity index is 5.09. The molecule has 0 aromatic carbocycles. The molecule has 1 N–H and O–H groups in total. The van der Waals surface area contributed by atoms with Gasteiger partial charge in [-0.1, -0.05) is 77.5 Å². The maximum Gasteiger partial charge on any atom is 0.223 e. The van der Waals surface area contributed by atoms with Gasteiger partial charge in [-0.2, -0.15) is 0 Å². The van der Waals surface area contributed by atoms with Gasteiger partial charge >= 0.3 is 0 Å². The minimum absolute atomic E-state index is 0.0121. The van der Waals surface area contributed by atoms with Crippen molar-refractivity contribution < 1.29 is 4.79 Å². The van der Waals surface area contributed by atoms with Crippen molar-refractivity contribution in [2.24, 2.45) is 16.7 Å². The van der Waals surface area contributed by atoms with Gasteiger partial charge in [0.1, 0.15) is 0 Å². The fourth-order valence-electron chi connectivity index (χ4n) is 2.80. The Labute approximate surface area is 146 Å². The molecule has 2 unspecified atom stereocenters. The predicted octanol–water partition coefficient (Wildman–Crippen LogP) is 5.58. The van der Waals surface area contributed by atoms with Gasteiger partial charge in [0.15, 0.2) is 0 Å². The van der Waals surface area contributed by atoms with E-state index in [1.165, 1.54) is 6.42 Å². The third-order valence-electron chi connectivity index (χ3n) is 4.23. The molecule has 0 fully saturated rings. The molecule has 0 heterocycles. The normalized spacial score (nSPS) is 17.5. The van der Waals surface area contributed by atoms with Gasteiger partial charge in [-0.15, -0.1) is 0 Å². The van der Waals surface area contributed by atoms with Gasteiger partial charge in [-0.3, -0.25) is 4.79 Å². The smallest absolute Gasteiger partial charge is 0.223 e. The number of halogens is 1. The quantitative estimate of drug-likeness (QED) is 0.431. The second-order valence-corrected chi connectivity index (χ2v) is 11.5. The number of rotatable bonds is 7. The molecule has 0 saturated heterocycles. The van der Waals surface area contributed by atoms with Gasteiger partial charge in [0.25, 0.3) is 0 Å². The fraction of sp³-hybridized carbons (Fsp3) is 0.944. The van der Waals surface area contributed by atoms with Crippen LogP contribution in [0.1, 0.15) is 81.6 Å². The molecule has 126 valence electrons. The first-order valence-corrected chi connectivity index (χ1v) is 9.27. The largest absolute Gasteiger partial charge is 0.354 e. The highest BCUT2D eigenvalue weighted by Gasteiger charge is 2.39.